The quantitative estimate of drug-likeness (QED) is 0.932. The summed E-state index contributed by atoms with van der Waals surface area (Å²) < 4.78 is 26.7. The molecule has 0 bridgehead atoms. The molecule has 0 aliphatic carbocycles. The number of hydrazone groups is 1. The van der Waals surface area contributed by atoms with Crippen LogP contribution in [0.15, 0.2) is 47.6 Å². The third-order valence-corrected chi connectivity index (χ3v) is 4.17. The molecule has 0 radical (unpaired) electrons. The SMILES string of the molecule is C[C@H]1C(c2ccc(F)c(F)c2)=NN(c2ccc(O)cc2)[C@@H]1CC#N. The van der Waals surface area contributed by atoms with Crippen LogP contribution in [0.5, 0.6) is 5.75 Å². The highest BCUT2D eigenvalue weighted by Gasteiger charge is 2.35. The molecule has 6 heteroatoms. The highest BCUT2D eigenvalue weighted by atomic mass is 19.2. The maximum absolute atomic E-state index is 13.5. The first-order valence-electron chi connectivity index (χ1n) is 7.50. The Morgan fingerprint density at radius 2 is 1.88 bits per heavy atom. The number of aromatic hydroxyl groups is 1. The molecule has 1 aliphatic rings. The first-order valence-corrected chi connectivity index (χ1v) is 7.50. The molecular formula is C18H15F2N3O. The summed E-state index contributed by atoms with van der Waals surface area (Å²) in [6.07, 6.45) is 0.235. The van der Waals surface area contributed by atoms with Gasteiger partial charge in [0, 0.05) is 11.5 Å². The van der Waals surface area contributed by atoms with Crippen LogP contribution in [0.25, 0.3) is 0 Å². The summed E-state index contributed by atoms with van der Waals surface area (Å²) in [5.41, 5.74) is 1.81. The number of benzene rings is 2. The zero-order valence-electron chi connectivity index (χ0n) is 12.9. The number of halogens is 2. The van der Waals surface area contributed by atoms with E-state index in [2.05, 4.69) is 11.2 Å². The summed E-state index contributed by atoms with van der Waals surface area (Å²) in [4.78, 5) is 0. The Morgan fingerprint density at radius 1 is 1.17 bits per heavy atom. The van der Waals surface area contributed by atoms with Crippen molar-refractivity contribution in [1.82, 2.24) is 0 Å². The van der Waals surface area contributed by atoms with Crippen molar-refractivity contribution in [2.24, 2.45) is 11.0 Å². The lowest BCUT2D eigenvalue weighted by Crippen LogP contribution is -2.31. The van der Waals surface area contributed by atoms with Crippen LogP contribution in [0.3, 0.4) is 0 Å². The van der Waals surface area contributed by atoms with Gasteiger partial charge < -0.3 is 5.11 Å². The van der Waals surface area contributed by atoms with E-state index in [1.54, 1.807) is 17.1 Å². The lowest BCUT2D eigenvalue weighted by molar-refractivity contribution is 0.475. The molecule has 1 heterocycles. The fraction of sp³-hybridized carbons (Fsp3) is 0.222. The predicted octanol–water partition coefficient (Wildman–Crippen LogP) is 3.81. The van der Waals surface area contributed by atoms with Gasteiger partial charge in [-0.15, -0.1) is 0 Å². The Balaban J connectivity index is 2.02. The molecule has 2 aromatic carbocycles. The monoisotopic (exact) mass is 327 g/mol. The Hall–Kier alpha value is -2.94. The minimum Gasteiger partial charge on any atom is -0.508 e. The van der Waals surface area contributed by atoms with Gasteiger partial charge in [-0.2, -0.15) is 10.4 Å². The number of phenols is 1. The van der Waals surface area contributed by atoms with Gasteiger partial charge >= 0.3 is 0 Å². The van der Waals surface area contributed by atoms with E-state index in [1.807, 2.05) is 6.92 Å². The van der Waals surface area contributed by atoms with Crippen LogP contribution in [0, 0.1) is 28.9 Å². The van der Waals surface area contributed by atoms with Gasteiger partial charge in [-0.3, -0.25) is 5.01 Å². The van der Waals surface area contributed by atoms with Gasteiger partial charge in [-0.1, -0.05) is 6.92 Å². The normalized spacial score (nSPS) is 19.9. The van der Waals surface area contributed by atoms with E-state index in [4.69, 9.17) is 5.26 Å². The summed E-state index contributed by atoms with van der Waals surface area (Å²) in [5, 5.41) is 24.8. The summed E-state index contributed by atoms with van der Waals surface area (Å²) >= 11 is 0. The van der Waals surface area contributed by atoms with Gasteiger partial charge in [0.1, 0.15) is 5.75 Å². The number of nitrogens with zero attached hydrogens (tertiary/aromatic N) is 3. The van der Waals surface area contributed by atoms with Crippen LogP contribution in [0.1, 0.15) is 18.9 Å². The summed E-state index contributed by atoms with van der Waals surface area (Å²) in [5.74, 6) is -1.84. The van der Waals surface area contributed by atoms with Crippen molar-refractivity contribution >= 4 is 11.4 Å². The molecule has 122 valence electrons. The van der Waals surface area contributed by atoms with E-state index in [0.29, 0.717) is 11.3 Å². The Bertz CT molecular complexity index is 827. The number of hydrogen-bond acceptors (Lipinski definition) is 4. The maximum Gasteiger partial charge on any atom is 0.159 e. The zero-order valence-corrected chi connectivity index (χ0v) is 12.9. The standard InChI is InChI=1S/C18H15F2N3O/c1-11-17(8-9-21)23(13-3-5-14(24)6-4-13)22-18(11)12-2-7-15(19)16(20)10-12/h2-7,10-11,17,24H,8H2,1H3/t11-,17-/m1/s1. The molecule has 1 N–H and O–H groups in total. The average molecular weight is 327 g/mol. The minimum atomic E-state index is -0.928. The molecule has 24 heavy (non-hydrogen) atoms. The van der Waals surface area contributed by atoms with Crippen molar-refractivity contribution in [3.05, 3.63) is 59.7 Å². The van der Waals surface area contributed by atoms with Crippen molar-refractivity contribution in [2.75, 3.05) is 5.01 Å². The van der Waals surface area contributed by atoms with E-state index < -0.39 is 11.6 Å². The van der Waals surface area contributed by atoms with Gasteiger partial charge in [0.05, 0.1) is 29.9 Å². The number of phenolic OH excluding ortho intramolecular Hbond substituents is 1. The van der Waals surface area contributed by atoms with Crippen molar-refractivity contribution in [2.45, 2.75) is 19.4 Å². The summed E-state index contributed by atoms with van der Waals surface area (Å²) in [6.45, 7) is 1.91. The van der Waals surface area contributed by atoms with E-state index in [-0.39, 0.29) is 24.1 Å². The van der Waals surface area contributed by atoms with Gasteiger partial charge in [0.2, 0.25) is 0 Å². The first-order chi connectivity index (χ1) is 11.5. The molecule has 0 spiro atoms. The van der Waals surface area contributed by atoms with Crippen LogP contribution in [-0.2, 0) is 0 Å². The fourth-order valence-corrected chi connectivity index (χ4v) is 2.86. The second-order valence-electron chi connectivity index (χ2n) is 5.69. The lowest BCUT2D eigenvalue weighted by Gasteiger charge is -2.24. The molecule has 0 amide bonds. The van der Waals surface area contributed by atoms with E-state index in [0.717, 1.165) is 17.8 Å². The number of rotatable bonds is 3. The van der Waals surface area contributed by atoms with Crippen molar-refractivity contribution in [1.29, 1.82) is 5.26 Å². The highest BCUT2D eigenvalue weighted by molar-refractivity contribution is 6.04. The molecular weight excluding hydrogens is 312 g/mol. The molecule has 1 aliphatic heterocycles. The third kappa shape index (κ3) is 2.81. The lowest BCUT2D eigenvalue weighted by atomic mass is 9.91. The van der Waals surface area contributed by atoms with Gasteiger partial charge in [0.25, 0.3) is 0 Å². The summed E-state index contributed by atoms with van der Waals surface area (Å²) in [7, 11) is 0. The zero-order chi connectivity index (χ0) is 17.3. The third-order valence-electron chi connectivity index (χ3n) is 4.17. The van der Waals surface area contributed by atoms with Crippen LogP contribution >= 0.6 is 0 Å². The first kappa shape index (κ1) is 15.9. The van der Waals surface area contributed by atoms with E-state index in [1.165, 1.54) is 18.2 Å². The highest BCUT2D eigenvalue weighted by Crippen LogP contribution is 2.33. The topological polar surface area (TPSA) is 59.6 Å². The second-order valence-corrected chi connectivity index (χ2v) is 5.69. The molecule has 3 rings (SSSR count). The molecule has 0 fully saturated rings. The van der Waals surface area contributed by atoms with Crippen molar-refractivity contribution < 1.29 is 13.9 Å². The average Bonchev–Trinajstić information content (AvgIpc) is 2.89. The minimum absolute atomic E-state index is 0.132. The van der Waals surface area contributed by atoms with Gasteiger partial charge in [-0.25, -0.2) is 8.78 Å². The van der Waals surface area contributed by atoms with Crippen LogP contribution in [-0.4, -0.2) is 16.9 Å². The Kier molecular flexibility index (Phi) is 4.17. The van der Waals surface area contributed by atoms with Gasteiger partial charge in [0.15, 0.2) is 11.6 Å². The number of anilines is 1. The predicted molar refractivity (Wildman–Crippen MR) is 86.7 cm³/mol. The van der Waals surface area contributed by atoms with Crippen molar-refractivity contribution in [3.8, 4) is 11.8 Å². The summed E-state index contributed by atoms with van der Waals surface area (Å²) in [6, 6.07) is 12.1. The maximum atomic E-state index is 13.5. The molecule has 0 unspecified atom stereocenters. The van der Waals surface area contributed by atoms with E-state index in [9.17, 15) is 13.9 Å². The second kappa shape index (κ2) is 6.28. The van der Waals surface area contributed by atoms with Crippen LogP contribution < -0.4 is 5.01 Å². The van der Waals surface area contributed by atoms with Crippen molar-refractivity contribution in [3.63, 3.8) is 0 Å². The van der Waals surface area contributed by atoms with Crippen LogP contribution in [0.4, 0.5) is 14.5 Å². The number of hydrogen-bond donors (Lipinski definition) is 1. The molecule has 4 nitrogen and oxygen atoms in total. The Morgan fingerprint density at radius 3 is 2.50 bits per heavy atom. The largest absolute Gasteiger partial charge is 0.508 e. The molecule has 2 atom stereocenters. The number of nitriles is 1. The van der Waals surface area contributed by atoms with Crippen LogP contribution in [0.2, 0.25) is 0 Å². The van der Waals surface area contributed by atoms with E-state index >= 15 is 0 Å². The van der Waals surface area contributed by atoms with Gasteiger partial charge in [-0.05, 0) is 42.5 Å². The fourth-order valence-electron chi connectivity index (χ4n) is 2.86. The molecule has 2 aromatic rings. The molecule has 0 saturated carbocycles. The molecule has 0 aromatic heterocycles. The smallest absolute Gasteiger partial charge is 0.159 e. The Labute approximate surface area is 138 Å². The molecule has 0 saturated heterocycles.